The first-order valence-corrected chi connectivity index (χ1v) is 15.2. The number of hydrogen-bond donors (Lipinski definition) is 1. The Morgan fingerprint density at radius 3 is 2.25 bits per heavy atom. The van der Waals surface area contributed by atoms with Crippen LogP contribution in [0.3, 0.4) is 0 Å². The molecule has 3 aromatic rings. The highest BCUT2D eigenvalue weighted by molar-refractivity contribution is 7.92. The number of hydrogen-bond acceptors (Lipinski definition) is 5. The van der Waals surface area contributed by atoms with Crippen LogP contribution in [0.1, 0.15) is 31.4 Å². The quantitative estimate of drug-likeness (QED) is 0.314. The fourth-order valence-corrected chi connectivity index (χ4v) is 5.32. The summed E-state index contributed by atoms with van der Waals surface area (Å²) in [4.78, 5) is 29.2. The van der Waals surface area contributed by atoms with Crippen LogP contribution in [0.15, 0.2) is 78.9 Å². The van der Waals surface area contributed by atoms with E-state index in [1.165, 1.54) is 12.0 Å². The minimum Gasteiger partial charge on any atom is -0.495 e. The number of sulfonamides is 1. The molecular formula is C30H36ClN3O5S. The molecule has 0 aliphatic carbocycles. The van der Waals surface area contributed by atoms with Crippen molar-refractivity contribution >= 4 is 39.1 Å². The lowest BCUT2D eigenvalue weighted by Crippen LogP contribution is -2.54. The maximum atomic E-state index is 14.1. The summed E-state index contributed by atoms with van der Waals surface area (Å²) in [7, 11) is -2.47. The molecule has 0 bridgehead atoms. The second-order valence-corrected chi connectivity index (χ2v) is 12.0. The zero-order valence-corrected chi connectivity index (χ0v) is 24.8. The molecule has 8 nitrogen and oxygen atoms in total. The van der Waals surface area contributed by atoms with Gasteiger partial charge in [-0.05, 0) is 48.7 Å². The van der Waals surface area contributed by atoms with Gasteiger partial charge in [-0.1, -0.05) is 73.1 Å². The van der Waals surface area contributed by atoms with E-state index in [1.54, 1.807) is 42.5 Å². The van der Waals surface area contributed by atoms with E-state index in [1.807, 2.05) is 50.2 Å². The SMILES string of the molecule is CCC(C)NC(=O)C(Cc1ccccc1)N(Cc1cccc(Cl)c1)C(=O)CN(c1ccccc1OC)S(C)(=O)=O. The molecule has 2 amide bonds. The van der Waals surface area contributed by atoms with Crippen molar-refractivity contribution in [2.45, 2.75) is 45.3 Å². The molecule has 0 fully saturated rings. The fourth-order valence-electron chi connectivity index (χ4n) is 4.26. The van der Waals surface area contributed by atoms with E-state index in [9.17, 15) is 18.0 Å². The number of halogens is 1. The third kappa shape index (κ3) is 8.47. The Bertz CT molecular complexity index is 1400. The maximum absolute atomic E-state index is 14.1. The number of carbonyl (C=O) groups is 2. The van der Waals surface area contributed by atoms with Gasteiger partial charge in [-0.15, -0.1) is 0 Å². The van der Waals surface area contributed by atoms with E-state index in [0.717, 1.165) is 16.1 Å². The summed E-state index contributed by atoms with van der Waals surface area (Å²) in [5, 5.41) is 3.49. The summed E-state index contributed by atoms with van der Waals surface area (Å²) >= 11 is 6.24. The zero-order valence-electron chi connectivity index (χ0n) is 23.2. The van der Waals surface area contributed by atoms with E-state index < -0.39 is 28.5 Å². The number of carbonyl (C=O) groups excluding carboxylic acids is 2. The third-order valence-electron chi connectivity index (χ3n) is 6.55. The minimum atomic E-state index is -3.90. The molecule has 3 rings (SSSR count). The van der Waals surface area contributed by atoms with Gasteiger partial charge in [0.25, 0.3) is 0 Å². The van der Waals surface area contributed by atoms with Crippen LogP contribution < -0.4 is 14.4 Å². The number of nitrogens with one attached hydrogen (secondary N) is 1. The first-order chi connectivity index (χ1) is 19.0. The Labute approximate surface area is 241 Å². The highest BCUT2D eigenvalue weighted by Gasteiger charge is 2.34. The number of rotatable bonds is 13. The van der Waals surface area contributed by atoms with Gasteiger partial charge < -0.3 is 15.0 Å². The van der Waals surface area contributed by atoms with E-state index in [4.69, 9.17) is 16.3 Å². The second-order valence-electron chi connectivity index (χ2n) is 9.62. The molecule has 3 aromatic carbocycles. The molecule has 0 heterocycles. The predicted octanol–water partition coefficient (Wildman–Crippen LogP) is 4.67. The van der Waals surface area contributed by atoms with Crippen LogP contribution in [0.2, 0.25) is 5.02 Å². The highest BCUT2D eigenvalue weighted by Crippen LogP contribution is 2.30. The molecule has 0 aliphatic heterocycles. The van der Waals surface area contributed by atoms with Crippen molar-refractivity contribution in [3.05, 3.63) is 95.0 Å². The summed E-state index contributed by atoms with van der Waals surface area (Å²) in [6.07, 6.45) is 1.98. The summed E-state index contributed by atoms with van der Waals surface area (Å²) in [5.74, 6) is -0.564. The number of nitrogens with zero attached hydrogens (tertiary/aromatic N) is 2. The lowest BCUT2D eigenvalue weighted by molar-refractivity contribution is -0.140. The first-order valence-electron chi connectivity index (χ1n) is 13.0. The second kappa shape index (κ2) is 14.2. The van der Waals surface area contributed by atoms with Gasteiger partial charge in [-0.2, -0.15) is 0 Å². The Kier molecular flexibility index (Phi) is 11.0. The smallest absolute Gasteiger partial charge is 0.244 e. The van der Waals surface area contributed by atoms with E-state index in [2.05, 4.69) is 5.32 Å². The maximum Gasteiger partial charge on any atom is 0.244 e. The van der Waals surface area contributed by atoms with Gasteiger partial charge >= 0.3 is 0 Å². The molecule has 0 spiro atoms. The van der Waals surface area contributed by atoms with Crippen LogP contribution >= 0.6 is 11.6 Å². The van der Waals surface area contributed by atoms with Crippen molar-refractivity contribution < 1.29 is 22.7 Å². The summed E-state index contributed by atoms with van der Waals surface area (Å²) < 4.78 is 32.3. The van der Waals surface area contributed by atoms with Crippen LogP contribution in [0.25, 0.3) is 0 Å². The van der Waals surface area contributed by atoms with Gasteiger partial charge in [-0.3, -0.25) is 13.9 Å². The molecule has 0 saturated carbocycles. The lowest BCUT2D eigenvalue weighted by Gasteiger charge is -2.34. The average molecular weight is 586 g/mol. The number of amides is 2. The van der Waals surface area contributed by atoms with Crippen LogP contribution in [-0.4, -0.2) is 57.1 Å². The van der Waals surface area contributed by atoms with E-state index in [-0.39, 0.29) is 30.6 Å². The zero-order chi connectivity index (χ0) is 29.3. The Morgan fingerprint density at radius 2 is 1.62 bits per heavy atom. The monoisotopic (exact) mass is 585 g/mol. The molecule has 1 N–H and O–H groups in total. The van der Waals surface area contributed by atoms with Crippen molar-refractivity contribution in [1.82, 2.24) is 10.2 Å². The van der Waals surface area contributed by atoms with Crippen LogP contribution in [-0.2, 0) is 32.6 Å². The van der Waals surface area contributed by atoms with E-state index >= 15 is 0 Å². The van der Waals surface area contributed by atoms with Crippen molar-refractivity contribution in [3.63, 3.8) is 0 Å². The van der Waals surface area contributed by atoms with Crippen LogP contribution in [0.5, 0.6) is 5.75 Å². The Hall–Kier alpha value is -3.56. The van der Waals surface area contributed by atoms with Crippen LogP contribution in [0.4, 0.5) is 5.69 Å². The number of methoxy groups -OCH3 is 1. The molecule has 2 atom stereocenters. The summed E-state index contributed by atoms with van der Waals surface area (Å²) in [6.45, 7) is 3.38. The molecule has 0 radical (unpaired) electrons. The first kappa shape index (κ1) is 31.0. The minimum absolute atomic E-state index is 0.0499. The number of benzene rings is 3. The van der Waals surface area contributed by atoms with E-state index in [0.29, 0.717) is 22.8 Å². The van der Waals surface area contributed by atoms with Crippen molar-refractivity contribution in [3.8, 4) is 5.75 Å². The lowest BCUT2D eigenvalue weighted by atomic mass is 10.0. The molecule has 40 heavy (non-hydrogen) atoms. The number of anilines is 1. The highest BCUT2D eigenvalue weighted by atomic mass is 35.5. The molecule has 0 saturated heterocycles. The summed E-state index contributed by atoms with van der Waals surface area (Å²) in [6, 6.07) is 22.0. The molecule has 0 aromatic heterocycles. The topological polar surface area (TPSA) is 96.0 Å². The van der Waals surface area contributed by atoms with Crippen molar-refractivity contribution in [2.24, 2.45) is 0 Å². The van der Waals surface area contributed by atoms with Gasteiger partial charge in [0.1, 0.15) is 18.3 Å². The normalized spacial score (nSPS) is 12.7. The van der Waals surface area contributed by atoms with Crippen molar-refractivity contribution in [2.75, 3.05) is 24.2 Å². The molecular weight excluding hydrogens is 550 g/mol. The largest absolute Gasteiger partial charge is 0.495 e. The van der Waals surface area contributed by atoms with Gasteiger partial charge in [0.2, 0.25) is 21.8 Å². The number of ether oxygens (including phenoxy) is 1. The summed E-state index contributed by atoms with van der Waals surface area (Å²) in [5.41, 5.74) is 1.80. The molecule has 10 heteroatoms. The van der Waals surface area contributed by atoms with Gasteiger partial charge in [0.15, 0.2) is 0 Å². The Morgan fingerprint density at radius 1 is 0.975 bits per heavy atom. The fraction of sp³-hybridized carbons (Fsp3) is 0.333. The molecule has 0 aliphatic rings. The molecule has 2 unspecified atom stereocenters. The van der Waals surface area contributed by atoms with Gasteiger partial charge in [0.05, 0.1) is 19.1 Å². The van der Waals surface area contributed by atoms with Gasteiger partial charge in [0, 0.05) is 24.0 Å². The van der Waals surface area contributed by atoms with Gasteiger partial charge in [-0.25, -0.2) is 8.42 Å². The Balaban J connectivity index is 2.08. The third-order valence-corrected chi connectivity index (χ3v) is 7.91. The standard InChI is InChI=1S/C30H36ClN3O5S/c1-5-22(2)32-30(36)27(19-23-12-7-6-8-13-23)33(20-24-14-11-15-25(31)18-24)29(35)21-34(40(4,37)38)26-16-9-10-17-28(26)39-3/h6-18,22,27H,5,19-21H2,1-4H3,(H,32,36). The van der Waals surface area contributed by atoms with Crippen LogP contribution in [0, 0.1) is 0 Å². The average Bonchev–Trinajstić information content (AvgIpc) is 2.93. The molecule has 214 valence electrons. The number of para-hydroxylation sites is 2. The van der Waals surface area contributed by atoms with Crippen molar-refractivity contribution in [1.29, 1.82) is 0 Å². The predicted molar refractivity (Wildman–Crippen MR) is 159 cm³/mol.